The summed E-state index contributed by atoms with van der Waals surface area (Å²) in [5, 5.41) is 0.656. The van der Waals surface area contributed by atoms with Crippen molar-refractivity contribution in [3.8, 4) is 0 Å². The fraction of sp³-hybridized carbons (Fsp3) is 0.350. The predicted octanol–water partition coefficient (Wildman–Crippen LogP) is 3.63. The van der Waals surface area contributed by atoms with E-state index in [4.69, 9.17) is 4.74 Å². The van der Waals surface area contributed by atoms with E-state index in [-0.39, 0.29) is 12.5 Å². The van der Waals surface area contributed by atoms with Gasteiger partial charge in [-0.3, -0.25) is 9.69 Å². The van der Waals surface area contributed by atoms with E-state index < -0.39 is 12.0 Å². The Hall–Kier alpha value is -2.34. The number of hydrogen-bond acceptors (Lipinski definition) is 5. The van der Waals surface area contributed by atoms with Crippen molar-refractivity contribution < 1.29 is 14.3 Å². The fourth-order valence-electron chi connectivity index (χ4n) is 3.12. The number of ether oxygens (including phenoxy) is 1. The molecule has 0 bridgehead atoms. The number of allylic oxidation sites excluding steroid dienone is 1. The lowest BCUT2D eigenvalue weighted by Gasteiger charge is -2.38. The van der Waals surface area contributed by atoms with Gasteiger partial charge in [0.2, 0.25) is 5.91 Å². The van der Waals surface area contributed by atoms with E-state index in [0.717, 1.165) is 12.0 Å². The third-order valence-electron chi connectivity index (χ3n) is 4.46. The standard InChI is InChI=1S/C20H22N2O3S/c1-4-11-25-19(24)17-13(3)21-20-22(16(23)10-12-26-20)18(17)15-8-6-14(5-2)7-9-15/h4,6-9,18H,1,5,10-12H2,2-3H3. The predicted molar refractivity (Wildman–Crippen MR) is 104 cm³/mol. The minimum atomic E-state index is -0.508. The third kappa shape index (κ3) is 3.46. The number of thioether (sulfide) groups is 1. The van der Waals surface area contributed by atoms with Crippen molar-refractivity contribution in [2.75, 3.05) is 12.4 Å². The topological polar surface area (TPSA) is 59.0 Å². The zero-order chi connectivity index (χ0) is 18.7. The lowest BCUT2D eigenvalue weighted by atomic mass is 9.93. The summed E-state index contributed by atoms with van der Waals surface area (Å²) in [6, 6.07) is 7.51. The smallest absolute Gasteiger partial charge is 0.338 e. The summed E-state index contributed by atoms with van der Waals surface area (Å²) in [5.41, 5.74) is 3.09. The van der Waals surface area contributed by atoms with E-state index in [9.17, 15) is 9.59 Å². The van der Waals surface area contributed by atoms with E-state index >= 15 is 0 Å². The zero-order valence-electron chi connectivity index (χ0n) is 15.0. The number of fused-ring (bicyclic) bond motifs is 1. The summed E-state index contributed by atoms with van der Waals surface area (Å²) in [6.07, 6.45) is 2.89. The van der Waals surface area contributed by atoms with Gasteiger partial charge in [-0.2, -0.15) is 0 Å². The molecule has 1 aromatic carbocycles. The van der Waals surface area contributed by atoms with Crippen LogP contribution in [0.25, 0.3) is 0 Å². The molecule has 1 unspecified atom stereocenters. The second-order valence-corrected chi connectivity index (χ2v) is 7.20. The first kappa shape index (κ1) is 18.5. The van der Waals surface area contributed by atoms with E-state index in [2.05, 4.69) is 18.5 Å². The van der Waals surface area contributed by atoms with Gasteiger partial charge in [0.15, 0.2) is 5.17 Å². The molecule has 0 N–H and O–H groups in total. The fourth-order valence-corrected chi connectivity index (χ4v) is 4.13. The molecule has 1 amide bonds. The highest BCUT2D eigenvalue weighted by Gasteiger charge is 2.41. The first-order valence-electron chi connectivity index (χ1n) is 8.68. The number of carbonyl (C=O) groups is 2. The third-order valence-corrected chi connectivity index (χ3v) is 5.42. The van der Waals surface area contributed by atoms with Crippen LogP contribution >= 0.6 is 11.8 Å². The Morgan fingerprint density at radius 3 is 2.81 bits per heavy atom. The maximum Gasteiger partial charge on any atom is 0.338 e. The Morgan fingerprint density at radius 1 is 1.42 bits per heavy atom. The Morgan fingerprint density at radius 2 is 2.15 bits per heavy atom. The first-order valence-corrected chi connectivity index (χ1v) is 9.66. The van der Waals surface area contributed by atoms with Crippen LogP contribution in [-0.4, -0.2) is 34.3 Å². The number of amides is 1. The number of carbonyl (C=O) groups excluding carboxylic acids is 2. The van der Waals surface area contributed by atoms with Crippen LogP contribution < -0.4 is 0 Å². The van der Waals surface area contributed by atoms with Crippen LogP contribution in [0.4, 0.5) is 0 Å². The van der Waals surface area contributed by atoms with Crippen molar-refractivity contribution in [3.63, 3.8) is 0 Å². The van der Waals surface area contributed by atoms with Gasteiger partial charge < -0.3 is 4.74 Å². The number of amidine groups is 1. The van der Waals surface area contributed by atoms with Crippen molar-refractivity contribution in [1.82, 2.24) is 4.90 Å². The molecule has 136 valence electrons. The molecule has 1 saturated heterocycles. The van der Waals surface area contributed by atoms with Gasteiger partial charge in [0.25, 0.3) is 0 Å². The molecule has 1 aromatic rings. The van der Waals surface area contributed by atoms with Gasteiger partial charge >= 0.3 is 5.97 Å². The quantitative estimate of drug-likeness (QED) is 0.587. The highest BCUT2D eigenvalue weighted by atomic mass is 32.2. The van der Waals surface area contributed by atoms with E-state index in [0.29, 0.717) is 28.6 Å². The first-order chi connectivity index (χ1) is 12.6. The van der Waals surface area contributed by atoms with Gasteiger partial charge in [0, 0.05) is 12.2 Å². The van der Waals surface area contributed by atoms with Gasteiger partial charge in [0.1, 0.15) is 6.61 Å². The molecule has 3 rings (SSSR count). The average molecular weight is 370 g/mol. The molecule has 6 heteroatoms. The van der Waals surface area contributed by atoms with Crippen LogP contribution in [0.1, 0.15) is 37.4 Å². The molecular formula is C20H22N2O3S. The summed E-state index contributed by atoms with van der Waals surface area (Å²) in [6.45, 7) is 7.59. The minimum Gasteiger partial charge on any atom is -0.458 e. The van der Waals surface area contributed by atoms with Gasteiger partial charge in [-0.1, -0.05) is 55.6 Å². The molecule has 0 aromatic heterocycles. The lowest BCUT2D eigenvalue weighted by Crippen LogP contribution is -2.45. The summed E-state index contributed by atoms with van der Waals surface area (Å²) in [4.78, 5) is 31.5. The van der Waals surface area contributed by atoms with Crippen LogP contribution in [0.2, 0.25) is 0 Å². The Bertz CT molecular complexity index is 796. The summed E-state index contributed by atoms with van der Waals surface area (Å²) in [7, 11) is 0. The van der Waals surface area contributed by atoms with E-state index in [1.54, 1.807) is 23.6 Å². The van der Waals surface area contributed by atoms with Gasteiger partial charge in [0.05, 0.1) is 17.3 Å². The summed E-state index contributed by atoms with van der Waals surface area (Å²) >= 11 is 1.54. The van der Waals surface area contributed by atoms with Crippen LogP contribution in [0.5, 0.6) is 0 Å². The molecular weight excluding hydrogens is 348 g/mol. The SMILES string of the molecule is C=CCOC(=O)C1=C(C)N=C2SCCC(=O)N2C1c1ccc(CC)cc1. The van der Waals surface area contributed by atoms with Crippen LogP contribution in [0.15, 0.2) is 53.2 Å². The van der Waals surface area contributed by atoms with Crippen molar-refractivity contribution in [3.05, 3.63) is 59.3 Å². The maximum atomic E-state index is 12.7. The Labute approximate surface area is 157 Å². The van der Waals surface area contributed by atoms with Crippen molar-refractivity contribution in [2.45, 2.75) is 32.7 Å². The van der Waals surface area contributed by atoms with Crippen LogP contribution in [-0.2, 0) is 20.7 Å². The van der Waals surface area contributed by atoms with Crippen LogP contribution in [0, 0.1) is 0 Å². The molecule has 1 atom stereocenters. The summed E-state index contributed by atoms with van der Waals surface area (Å²) < 4.78 is 5.28. The normalized spacial score (nSPS) is 19.8. The molecule has 1 fully saturated rings. The molecule has 0 spiro atoms. The molecule has 2 heterocycles. The largest absolute Gasteiger partial charge is 0.458 e. The van der Waals surface area contributed by atoms with Gasteiger partial charge in [-0.25, -0.2) is 9.79 Å². The number of rotatable bonds is 5. The number of benzene rings is 1. The van der Waals surface area contributed by atoms with Crippen molar-refractivity contribution in [2.24, 2.45) is 4.99 Å². The maximum absolute atomic E-state index is 12.7. The van der Waals surface area contributed by atoms with Gasteiger partial charge in [-0.05, 0) is 24.5 Å². The number of esters is 1. The zero-order valence-corrected chi connectivity index (χ0v) is 15.8. The average Bonchev–Trinajstić information content (AvgIpc) is 2.65. The molecule has 2 aliphatic rings. The highest BCUT2D eigenvalue weighted by molar-refractivity contribution is 8.14. The van der Waals surface area contributed by atoms with Crippen molar-refractivity contribution in [1.29, 1.82) is 0 Å². The monoisotopic (exact) mass is 370 g/mol. The molecule has 2 aliphatic heterocycles. The summed E-state index contributed by atoms with van der Waals surface area (Å²) in [5.74, 6) is 0.228. The number of aliphatic imine (C=N–C) groups is 1. The minimum absolute atomic E-state index is 0.0198. The second kappa shape index (κ2) is 7.91. The Kier molecular flexibility index (Phi) is 5.61. The second-order valence-electron chi connectivity index (χ2n) is 6.14. The Balaban J connectivity index is 2.09. The van der Waals surface area contributed by atoms with Crippen LogP contribution in [0.3, 0.4) is 0 Å². The molecule has 0 radical (unpaired) electrons. The molecule has 26 heavy (non-hydrogen) atoms. The van der Waals surface area contributed by atoms with Crippen molar-refractivity contribution >= 4 is 28.8 Å². The molecule has 0 saturated carbocycles. The number of aryl methyl sites for hydroxylation is 1. The van der Waals surface area contributed by atoms with Gasteiger partial charge in [-0.15, -0.1) is 0 Å². The molecule has 0 aliphatic carbocycles. The number of hydrogen-bond donors (Lipinski definition) is 0. The number of nitrogens with zero attached hydrogens (tertiary/aromatic N) is 2. The lowest BCUT2D eigenvalue weighted by molar-refractivity contribution is -0.139. The highest BCUT2D eigenvalue weighted by Crippen LogP contribution is 2.40. The van der Waals surface area contributed by atoms with E-state index in [1.165, 1.54) is 11.6 Å². The van der Waals surface area contributed by atoms with E-state index in [1.807, 2.05) is 24.3 Å². The molecule has 5 nitrogen and oxygen atoms in total.